The maximum Gasteiger partial charge on any atom is 0.251 e. The minimum atomic E-state index is -3.51. The molecule has 0 bridgehead atoms. The standard InChI is InChI=1S/C31H30N4O5S/c1-19-12-24(13-20(2)40-19)26-4-3-5-27(34-26)28-9-8-22-16-32-25(15-29(22)35-28)17-33-31(36)21-6-7-23-18-39-10-11-41(37,38)30(23)14-21/h3-9,12,14-16,19-20H,10-11,13,17-18H2,1-2H3,(H,33,36)/t19-,20+/m0/s1. The molecule has 3 aromatic heterocycles. The molecule has 0 saturated carbocycles. The minimum Gasteiger partial charge on any atom is -0.376 e. The summed E-state index contributed by atoms with van der Waals surface area (Å²) in [6, 6.07) is 16.3. The van der Waals surface area contributed by atoms with Crippen molar-refractivity contribution in [2.24, 2.45) is 0 Å². The van der Waals surface area contributed by atoms with Gasteiger partial charge in [0.1, 0.15) is 0 Å². The van der Waals surface area contributed by atoms with E-state index in [0.29, 0.717) is 11.3 Å². The van der Waals surface area contributed by atoms with Gasteiger partial charge in [0, 0.05) is 23.6 Å². The molecule has 0 unspecified atom stereocenters. The van der Waals surface area contributed by atoms with E-state index >= 15 is 0 Å². The number of pyridine rings is 3. The molecule has 9 nitrogen and oxygen atoms in total. The Morgan fingerprint density at radius 2 is 1.85 bits per heavy atom. The fourth-order valence-corrected chi connectivity index (χ4v) is 6.59. The van der Waals surface area contributed by atoms with Crippen molar-refractivity contribution in [1.29, 1.82) is 0 Å². The van der Waals surface area contributed by atoms with Crippen molar-refractivity contribution in [3.05, 3.63) is 89.4 Å². The molecule has 210 valence electrons. The van der Waals surface area contributed by atoms with Gasteiger partial charge in [0.15, 0.2) is 9.84 Å². The van der Waals surface area contributed by atoms with Crippen LogP contribution < -0.4 is 5.32 Å². The lowest BCUT2D eigenvalue weighted by Crippen LogP contribution is -2.23. The van der Waals surface area contributed by atoms with Crippen LogP contribution >= 0.6 is 0 Å². The maximum absolute atomic E-state index is 12.9. The second-order valence-electron chi connectivity index (χ2n) is 10.4. The van der Waals surface area contributed by atoms with Gasteiger partial charge in [-0.05, 0) is 67.4 Å². The summed E-state index contributed by atoms with van der Waals surface area (Å²) in [5.41, 5.74) is 5.79. The highest BCUT2D eigenvalue weighted by atomic mass is 32.2. The van der Waals surface area contributed by atoms with Crippen LogP contribution in [0.15, 0.2) is 71.8 Å². The minimum absolute atomic E-state index is 0.0452. The zero-order chi connectivity index (χ0) is 28.6. The van der Waals surface area contributed by atoms with E-state index in [1.807, 2.05) is 43.3 Å². The smallest absolute Gasteiger partial charge is 0.251 e. The van der Waals surface area contributed by atoms with Gasteiger partial charge in [0.05, 0.1) is 70.9 Å². The fraction of sp³-hybridized carbons (Fsp3) is 0.290. The number of carbonyl (C=O) groups is 1. The highest BCUT2D eigenvalue weighted by Crippen LogP contribution is 2.28. The van der Waals surface area contributed by atoms with Gasteiger partial charge >= 0.3 is 0 Å². The van der Waals surface area contributed by atoms with E-state index in [-0.39, 0.29) is 54.1 Å². The Morgan fingerprint density at radius 3 is 2.71 bits per heavy atom. The van der Waals surface area contributed by atoms with E-state index in [1.54, 1.807) is 18.3 Å². The number of fused-ring (bicyclic) bond motifs is 2. The van der Waals surface area contributed by atoms with Crippen LogP contribution in [-0.2, 0) is 32.5 Å². The van der Waals surface area contributed by atoms with Crippen molar-refractivity contribution in [2.45, 2.75) is 50.5 Å². The first-order chi connectivity index (χ1) is 19.7. The second kappa shape index (κ2) is 11.1. The molecule has 2 aliphatic rings. The van der Waals surface area contributed by atoms with E-state index in [2.05, 4.69) is 23.3 Å². The quantitative estimate of drug-likeness (QED) is 0.372. The average molecular weight is 571 g/mol. The van der Waals surface area contributed by atoms with Crippen LogP contribution in [0.2, 0.25) is 0 Å². The summed E-state index contributed by atoms with van der Waals surface area (Å²) >= 11 is 0. The van der Waals surface area contributed by atoms with Gasteiger partial charge in [-0.1, -0.05) is 18.2 Å². The lowest BCUT2D eigenvalue weighted by atomic mass is 10.00. The number of benzene rings is 1. The molecule has 0 aliphatic carbocycles. The molecule has 0 spiro atoms. The van der Waals surface area contributed by atoms with E-state index in [4.69, 9.17) is 19.4 Å². The molecule has 0 saturated heterocycles. The highest BCUT2D eigenvalue weighted by molar-refractivity contribution is 7.91. The van der Waals surface area contributed by atoms with E-state index in [9.17, 15) is 13.2 Å². The second-order valence-corrected chi connectivity index (χ2v) is 12.5. The number of hydrogen-bond acceptors (Lipinski definition) is 8. The number of rotatable bonds is 5. The normalized spacial score (nSPS) is 20.1. The Labute approximate surface area is 238 Å². The van der Waals surface area contributed by atoms with Gasteiger partial charge in [-0.25, -0.2) is 18.4 Å². The number of hydrogen-bond donors (Lipinski definition) is 1. The molecule has 2 atom stereocenters. The number of amides is 1. The fourth-order valence-electron chi connectivity index (χ4n) is 5.20. The molecule has 4 aromatic rings. The number of carbonyl (C=O) groups excluding carboxylic acids is 1. The highest BCUT2D eigenvalue weighted by Gasteiger charge is 2.24. The molecule has 1 amide bonds. The van der Waals surface area contributed by atoms with Crippen molar-refractivity contribution in [3.63, 3.8) is 0 Å². The number of aromatic nitrogens is 3. The van der Waals surface area contributed by atoms with E-state index < -0.39 is 9.84 Å². The zero-order valence-corrected chi connectivity index (χ0v) is 23.6. The van der Waals surface area contributed by atoms with E-state index in [1.165, 1.54) is 11.6 Å². The molecule has 5 heterocycles. The number of ether oxygens (including phenoxy) is 2. The van der Waals surface area contributed by atoms with Crippen LogP contribution in [0, 0.1) is 0 Å². The van der Waals surface area contributed by atoms with Crippen molar-refractivity contribution in [2.75, 3.05) is 12.4 Å². The van der Waals surface area contributed by atoms with E-state index in [0.717, 1.165) is 34.4 Å². The number of nitrogens with zero attached hydrogens (tertiary/aromatic N) is 3. The van der Waals surface area contributed by atoms with Crippen LogP contribution in [0.4, 0.5) is 0 Å². The van der Waals surface area contributed by atoms with Crippen LogP contribution in [0.1, 0.15) is 47.6 Å². The molecule has 1 aromatic carbocycles. The SMILES string of the molecule is C[C@@H]1CC(c2cccc(-c3ccc4cnc(CNC(=O)c5ccc6c(c5)S(=O)(=O)CCOC6)cc4n3)n2)=C[C@H](C)O1. The van der Waals surface area contributed by atoms with Crippen LogP contribution in [0.3, 0.4) is 0 Å². The molecule has 1 N–H and O–H groups in total. The van der Waals surface area contributed by atoms with Crippen LogP contribution in [0.5, 0.6) is 0 Å². The summed E-state index contributed by atoms with van der Waals surface area (Å²) in [5.74, 6) is -0.490. The van der Waals surface area contributed by atoms with Crippen molar-refractivity contribution < 1.29 is 22.7 Å². The summed E-state index contributed by atoms with van der Waals surface area (Å²) in [4.78, 5) is 27.3. The zero-order valence-electron chi connectivity index (χ0n) is 22.8. The predicted octanol–water partition coefficient (Wildman–Crippen LogP) is 4.51. The maximum atomic E-state index is 12.9. The van der Waals surface area contributed by atoms with Gasteiger partial charge in [-0.2, -0.15) is 0 Å². The van der Waals surface area contributed by atoms with Crippen molar-refractivity contribution in [1.82, 2.24) is 20.3 Å². The van der Waals surface area contributed by atoms with Crippen molar-refractivity contribution in [3.8, 4) is 11.4 Å². The average Bonchev–Trinajstić information content (AvgIpc) is 3.12. The van der Waals surface area contributed by atoms with Crippen molar-refractivity contribution >= 4 is 32.2 Å². The Morgan fingerprint density at radius 1 is 1.02 bits per heavy atom. The summed E-state index contributed by atoms with van der Waals surface area (Å²) in [6.45, 7) is 4.60. The number of sulfone groups is 1. The predicted molar refractivity (Wildman–Crippen MR) is 155 cm³/mol. The molecule has 0 radical (unpaired) electrons. The third-order valence-electron chi connectivity index (χ3n) is 7.21. The molecule has 10 heteroatoms. The van der Waals surface area contributed by atoms with Crippen LogP contribution in [-0.4, -0.2) is 53.8 Å². The molecule has 41 heavy (non-hydrogen) atoms. The molecule has 6 rings (SSSR count). The molecular weight excluding hydrogens is 540 g/mol. The largest absolute Gasteiger partial charge is 0.376 e. The molecular formula is C31H30N4O5S. The Hall–Kier alpha value is -3.99. The monoisotopic (exact) mass is 570 g/mol. The van der Waals surface area contributed by atoms with Gasteiger partial charge in [0.25, 0.3) is 5.91 Å². The van der Waals surface area contributed by atoms with Gasteiger partial charge < -0.3 is 14.8 Å². The summed E-state index contributed by atoms with van der Waals surface area (Å²) < 4.78 is 36.4. The molecule has 2 aliphatic heterocycles. The third kappa shape index (κ3) is 5.90. The Balaban J connectivity index is 1.21. The topological polar surface area (TPSA) is 120 Å². The Bertz CT molecular complexity index is 1790. The molecule has 0 fully saturated rings. The summed E-state index contributed by atoms with van der Waals surface area (Å²) in [5, 5.41) is 3.71. The lowest BCUT2D eigenvalue weighted by molar-refractivity contribution is 0.0303. The Kier molecular flexibility index (Phi) is 7.37. The van der Waals surface area contributed by atoms with Gasteiger partial charge in [-0.3, -0.25) is 9.78 Å². The first kappa shape index (κ1) is 27.2. The summed E-state index contributed by atoms with van der Waals surface area (Å²) in [7, 11) is -3.51. The summed E-state index contributed by atoms with van der Waals surface area (Å²) in [6.07, 6.45) is 4.83. The van der Waals surface area contributed by atoms with Gasteiger partial charge in [-0.15, -0.1) is 0 Å². The third-order valence-corrected chi connectivity index (χ3v) is 8.96. The first-order valence-electron chi connectivity index (χ1n) is 13.6. The van der Waals surface area contributed by atoms with Gasteiger partial charge in [0.2, 0.25) is 0 Å². The lowest BCUT2D eigenvalue weighted by Gasteiger charge is -2.24. The first-order valence-corrected chi connectivity index (χ1v) is 15.2. The van der Waals surface area contributed by atoms with Crippen LogP contribution in [0.25, 0.3) is 27.9 Å². The number of nitrogens with one attached hydrogen (secondary N) is 1.